The van der Waals surface area contributed by atoms with Gasteiger partial charge in [-0.15, -0.1) is 11.6 Å². The molecule has 0 aromatic rings. The van der Waals surface area contributed by atoms with Crippen LogP contribution in [-0.2, 0) is 0 Å². The maximum atomic E-state index is 6.11. The average molecular weight is 188 g/mol. The van der Waals surface area contributed by atoms with E-state index in [0.717, 1.165) is 11.8 Å². The molecule has 2 heterocycles. The van der Waals surface area contributed by atoms with Crippen LogP contribution in [-0.4, -0.2) is 23.5 Å². The van der Waals surface area contributed by atoms with Crippen LogP contribution in [0.3, 0.4) is 0 Å². The predicted octanol–water partition coefficient (Wildman–Crippen LogP) is 2.69. The highest BCUT2D eigenvalue weighted by atomic mass is 35.5. The SMILES string of the molecule is CC(Cl)N1CC2CCC(CC2)C1. The van der Waals surface area contributed by atoms with E-state index in [1.54, 1.807) is 0 Å². The summed E-state index contributed by atoms with van der Waals surface area (Å²) in [6.45, 7) is 4.61. The second-order valence-corrected chi connectivity index (χ2v) is 5.05. The van der Waals surface area contributed by atoms with Gasteiger partial charge in [0.2, 0.25) is 0 Å². The summed E-state index contributed by atoms with van der Waals surface area (Å²) in [7, 11) is 0. The zero-order chi connectivity index (χ0) is 8.55. The smallest absolute Gasteiger partial charge is 0.0822 e. The van der Waals surface area contributed by atoms with Crippen molar-refractivity contribution in [3.8, 4) is 0 Å². The van der Waals surface area contributed by atoms with Crippen molar-refractivity contribution in [2.24, 2.45) is 11.8 Å². The Balaban J connectivity index is 2.02. The third-order valence-electron chi connectivity index (χ3n) is 3.45. The molecule has 1 nitrogen and oxygen atoms in total. The van der Waals surface area contributed by atoms with Crippen molar-refractivity contribution in [3.63, 3.8) is 0 Å². The van der Waals surface area contributed by atoms with E-state index in [1.165, 1.54) is 38.8 Å². The van der Waals surface area contributed by atoms with Gasteiger partial charge in [-0.3, -0.25) is 4.90 Å². The first-order valence-corrected chi connectivity index (χ1v) is 5.57. The summed E-state index contributed by atoms with van der Waals surface area (Å²) in [6, 6.07) is 0. The summed E-state index contributed by atoms with van der Waals surface area (Å²) in [4.78, 5) is 2.46. The van der Waals surface area contributed by atoms with E-state index in [-0.39, 0.29) is 5.50 Å². The second-order valence-electron chi connectivity index (χ2n) is 4.41. The lowest BCUT2D eigenvalue weighted by Crippen LogP contribution is -2.33. The van der Waals surface area contributed by atoms with Crippen LogP contribution in [0.25, 0.3) is 0 Å². The number of fused-ring (bicyclic) bond motifs is 4. The minimum atomic E-state index is 0.242. The molecule has 0 N–H and O–H groups in total. The van der Waals surface area contributed by atoms with Gasteiger partial charge in [-0.05, 0) is 44.4 Å². The lowest BCUT2D eigenvalue weighted by Gasteiger charge is -2.24. The third kappa shape index (κ3) is 1.77. The van der Waals surface area contributed by atoms with Gasteiger partial charge in [0.1, 0.15) is 0 Å². The molecule has 1 saturated carbocycles. The number of alkyl halides is 1. The Morgan fingerprint density at radius 1 is 1.08 bits per heavy atom. The maximum absolute atomic E-state index is 6.11. The van der Waals surface area contributed by atoms with Crippen molar-refractivity contribution in [1.29, 1.82) is 0 Å². The zero-order valence-electron chi connectivity index (χ0n) is 7.80. The van der Waals surface area contributed by atoms with Gasteiger partial charge in [0, 0.05) is 13.1 Å². The number of rotatable bonds is 1. The minimum absolute atomic E-state index is 0.242. The molecule has 0 amide bonds. The number of nitrogens with zero attached hydrogens (tertiary/aromatic N) is 1. The average Bonchev–Trinajstić information content (AvgIpc) is 2.36. The molecule has 2 heteroatoms. The van der Waals surface area contributed by atoms with Crippen molar-refractivity contribution in [1.82, 2.24) is 4.90 Å². The monoisotopic (exact) mass is 187 g/mol. The lowest BCUT2D eigenvalue weighted by molar-refractivity contribution is 0.241. The summed E-state index contributed by atoms with van der Waals surface area (Å²) < 4.78 is 0. The van der Waals surface area contributed by atoms with E-state index in [4.69, 9.17) is 11.6 Å². The molecule has 3 fully saturated rings. The molecule has 1 atom stereocenters. The second kappa shape index (κ2) is 3.55. The van der Waals surface area contributed by atoms with Gasteiger partial charge in [-0.2, -0.15) is 0 Å². The topological polar surface area (TPSA) is 3.24 Å². The Bertz CT molecular complexity index is 136. The summed E-state index contributed by atoms with van der Waals surface area (Å²) in [5.74, 6) is 1.90. The van der Waals surface area contributed by atoms with Crippen LogP contribution in [0.4, 0.5) is 0 Å². The maximum Gasteiger partial charge on any atom is 0.0822 e. The molecule has 0 aromatic heterocycles. The normalized spacial score (nSPS) is 39.5. The Labute approximate surface area is 80.1 Å². The molecule has 2 bridgehead atoms. The highest BCUT2D eigenvalue weighted by molar-refractivity contribution is 6.20. The largest absolute Gasteiger partial charge is 0.287 e. The first-order valence-electron chi connectivity index (χ1n) is 5.14. The Hall–Kier alpha value is 0.250. The van der Waals surface area contributed by atoms with Crippen LogP contribution in [0.2, 0.25) is 0 Å². The molecule has 12 heavy (non-hydrogen) atoms. The van der Waals surface area contributed by atoms with E-state index in [1.807, 2.05) is 0 Å². The summed E-state index contributed by atoms with van der Waals surface area (Å²) in [5, 5.41) is 0. The summed E-state index contributed by atoms with van der Waals surface area (Å²) >= 11 is 6.11. The van der Waals surface area contributed by atoms with E-state index in [2.05, 4.69) is 11.8 Å². The summed E-state index contributed by atoms with van der Waals surface area (Å²) in [5.41, 5.74) is 0.242. The van der Waals surface area contributed by atoms with Crippen LogP contribution in [0.5, 0.6) is 0 Å². The Morgan fingerprint density at radius 3 is 1.83 bits per heavy atom. The molecule has 2 saturated heterocycles. The fourth-order valence-electron chi connectivity index (χ4n) is 2.62. The highest BCUT2D eigenvalue weighted by Gasteiger charge is 2.30. The molecule has 0 spiro atoms. The highest BCUT2D eigenvalue weighted by Crippen LogP contribution is 2.34. The predicted molar refractivity (Wildman–Crippen MR) is 52.3 cm³/mol. The fourth-order valence-corrected chi connectivity index (χ4v) is 2.78. The van der Waals surface area contributed by atoms with Gasteiger partial charge in [0.25, 0.3) is 0 Å². The van der Waals surface area contributed by atoms with Crippen molar-refractivity contribution in [2.75, 3.05) is 13.1 Å². The van der Waals surface area contributed by atoms with Crippen LogP contribution in [0.1, 0.15) is 32.6 Å². The molecule has 1 unspecified atom stereocenters. The van der Waals surface area contributed by atoms with E-state index in [9.17, 15) is 0 Å². The molecule has 0 radical (unpaired) electrons. The fraction of sp³-hybridized carbons (Fsp3) is 1.00. The van der Waals surface area contributed by atoms with E-state index >= 15 is 0 Å². The van der Waals surface area contributed by atoms with E-state index < -0.39 is 0 Å². The van der Waals surface area contributed by atoms with Gasteiger partial charge in [-0.25, -0.2) is 0 Å². The Morgan fingerprint density at radius 2 is 1.50 bits per heavy atom. The molecule has 3 aliphatic rings. The van der Waals surface area contributed by atoms with Crippen molar-refractivity contribution < 1.29 is 0 Å². The lowest BCUT2D eigenvalue weighted by atomic mass is 9.84. The Kier molecular flexibility index (Phi) is 2.61. The van der Waals surface area contributed by atoms with Gasteiger partial charge < -0.3 is 0 Å². The van der Waals surface area contributed by atoms with Gasteiger partial charge >= 0.3 is 0 Å². The number of halogens is 1. The first kappa shape index (κ1) is 8.83. The summed E-state index contributed by atoms with van der Waals surface area (Å²) in [6.07, 6.45) is 5.80. The quantitative estimate of drug-likeness (QED) is 0.451. The first-order chi connectivity index (χ1) is 5.75. The van der Waals surface area contributed by atoms with Crippen molar-refractivity contribution >= 4 is 11.6 Å². The molecule has 1 aliphatic carbocycles. The van der Waals surface area contributed by atoms with Gasteiger partial charge in [0.15, 0.2) is 0 Å². The molecule has 3 rings (SSSR count). The van der Waals surface area contributed by atoms with Crippen molar-refractivity contribution in [2.45, 2.75) is 38.1 Å². The molecule has 2 aliphatic heterocycles. The van der Waals surface area contributed by atoms with Gasteiger partial charge in [-0.1, -0.05) is 0 Å². The molecular formula is C10H18ClN. The molecule has 0 aromatic carbocycles. The molecule has 70 valence electrons. The van der Waals surface area contributed by atoms with Crippen LogP contribution in [0, 0.1) is 11.8 Å². The number of hydrogen-bond acceptors (Lipinski definition) is 1. The van der Waals surface area contributed by atoms with E-state index in [0.29, 0.717) is 0 Å². The standard InChI is InChI=1S/C10H18ClN/c1-8(11)12-6-9-2-3-10(7-12)5-4-9/h8-10H,2-7H2,1H3. The van der Waals surface area contributed by atoms with Crippen LogP contribution in [0.15, 0.2) is 0 Å². The van der Waals surface area contributed by atoms with Crippen molar-refractivity contribution in [3.05, 3.63) is 0 Å². The zero-order valence-corrected chi connectivity index (χ0v) is 8.56. The van der Waals surface area contributed by atoms with Crippen LogP contribution >= 0.6 is 11.6 Å². The van der Waals surface area contributed by atoms with Gasteiger partial charge in [0.05, 0.1) is 5.50 Å². The third-order valence-corrected chi connectivity index (χ3v) is 3.73. The number of hydrogen-bond donors (Lipinski definition) is 0. The minimum Gasteiger partial charge on any atom is -0.287 e. The van der Waals surface area contributed by atoms with Crippen LogP contribution < -0.4 is 0 Å². The molecular weight excluding hydrogens is 170 g/mol.